The van der Waals surface area contributed by atoms with Crippen molar-refractivity contribution in [2.75, 3.05) is 18.1 Å². The van der Waals surface area contributed by atoms with E-state index in [1.165, 1.54) is 0 Å². The van der Waals surface area contributed by atoms with Gasteiger partial charge in [0.2, 0.25) is 0 Å². The molecule has 0 radical (unpaired) electrons. The molecule has 0 N–H and O–H groups in total. The van der Waals surface area contributed by atoms with Gasteiger partial charge in [-0.25, -0.2) is 0 Å². The first-order valence-electron chi connectivity index (χ1n) is 8.95. The molecule has 0 unspecified atom stereocenters. The van der Waals surface area contributed by atoms with E-state index < -0.39 is 20.0 Å². The van der Waals surface area contributed by atoms with Gasteiger partial charge in [0.1, 0.15) is 0 Å². The summed E-state index contributed by atoms with van der Waals surface area (Å²) in [6, 6.07) is 3.77. The molecular formula is C19H27BrINO3Si. The zero-order valence-corrected chi connectivity index (χ0v) is 20.9. The van der Waals surface area contributed by atoms with Crippen molar-refractivity contribution in [3.63, 3.8) is 0 Å². The minimum Gasteiger partial charge on any atom is -0.417 e. The van der Waals surface area contributed by atoms with E-state index in [4.69, 9.17) is 4.43 Å². The SMILES string of the molecule is CC(C)(C)[Si](C)(C)OCCCCCN1C(=O)C(=O)c2c(Br)cc(I)cc21. The van der Waals surface area contributed by atoms with Crippen LogP contribution < -0.4 is 4.90 Å². The zero-order chi connectivity index (χ0) is 19.7. The minimum atomic E-state index is -1.69. The molecule has 1 heterocycles. The molecule has 1 amide bonds. The standard InChI is InChI=1S/C19H27BrINO3Si/c1-19(2,3)26(4,5)25-10-8-6-7-9-22-15-12-13(21)11-14(20)16(15)17(23)18(22)24/h11-12H,6-10H2,1-5H3. The molecule has 7 heteroatoms. The van der Waals surface area contributed by atoms with E-state index in [-0.39, 0.29) is 5.04 Å². The third kappa shape index (κ3) is 4.77. The first kappa shape index (κ1) is 22.0. The van der Waals surface area contributed by atoms with Crippen LogP contribution in [0, 0.1) is 3.57 Å². The summed E-state index contributed by atoms with van der Waals surface area (Å²) in [5.41, 5.74) is 1.23. The number of carbonyl (C=O) groups is 2. The van der Waals surface area contributed by atoms with Crippen molar-refractivity contribution < 1.29 is 14.0 Å². The number of carbonyl (C=O) groups excluding carboxylic acids is 2. The topological polar surface area (TPSA) is 46.6 Å². The van der Waals surface area contributed by atoms with Gasteiger partial charge < -0.3 is 9.33 Å². The number of ketones is 1. The van der Waals surface area contributed by atoms with E-state index in [0.717, 1.165) is 35.1 Å². The number of hydrogen-bond donors (Lipinski definition) is 0. The van der Waals surface area contributed by atoms with Crippen LogP contribution in [-0.2, 0) is 9.22 Å². The molecule has 0 atom stereocenters. The number of unbranched alkanes of at least 4 members (excludes halogenated alkanes) is 2. The lowest BCUT2D eigenvalue weighted by atomic mass is 10.1. The molecule has 4 nitrogen and oxygen atoms in total. The van der Waals surface area contributed by atoms with Crippen LogP contribution in [0.1, 0.15) is 50.4 Å². The normalized spacial score (nSPS) is 15.0. The molecule has 0 spiro atoms. The van der Waals surface area contributed by atoms with Crippen molar-refractivity contribution in [3.05, 3.63) is 25.7 Å². The highest BCUT2D eigenvalue weighted by molar-refractivity contribution is 14.1. The largest absolute Gasteiger partial charge is 0.417 e. The van der Waals surface area contributed by atoms with E-state index >= 15 is 0 Å². The number of benzene rings is 1. The van der Waals surface area contributed by atoms with Crippen LogP contribution in [0.5, 0.6) is 0 Å². The molecular weight excluding hydrogens is 525 g/mol. The zero-order valence-electron chi connectivity index (χ0n) is 16.1. The van der Waals surface area contributed by atoms with Crippen molar-refractivity contribution in [1.29, 1.82) is 0 Å². The van der Waals surface area contributed by atoms with Gasteiger partial charge in [0, 0.05) is 21.2 Å². The first-order chi connectivity index (χ1) is 12.0. The van der Waals surface area contributed by atoms with E-state index in [1.54, 1.807) is 4.90 Å². The average Bonchev–Trinajstić information content (AvgIpc) is 2.73. The van der Waals surface area contributed by atoms with Gasteiger partial charge in [0.25, 0.3) is 11.7 Å². The third-order valence-electron chi connectivity index (χ3n) is 5.29. The maximum Gasteiger partial charge on any atom is 0.299 e. The number of nitrogens with zero attached hydrogens (tertiary/aromatic N) is 1. The number of amides is 1. The minimum absolute atomic E-state index is 0.226. The maximum atomic E-state index is 12.3. The van der Waals surface area contributed by atoms with E-state index in [9.17, 15) is 9.59 Å². The summed E-state index contributed by atoms with van der Waals surface area (Å²) in [5, 5.41) is 0.226. The monoisotopic (exact) mass is 551 g/mol. The summed E-state index contributed by atoms with van der Waals surface area (Å²) in [6.07, 6.45) is 2.82. The van der Waals surface area contributed by atoms with Crippen molar-refractivity contribution in [2.45, 2.75) is 58.2 Å². The van der Waals surface area contributed by atoms with Crippen molar-refractivity contribution in [2.24, 2.45) is 0 Å². The van der Waals surface area contributed by atoms with Gasteiger partial charge in [0.05, 0.1) is 11.3 Å². The fourth-order valence-electron chi connectivity index (χ4n) is 2.65. The molecule has 144 valence electrons. The fraction of sp³-hybridized carbons (Fsp3) is 0.579. The summed E-state index contributed by atoms with van der Waals surface area (Å²) < 4.78 is 7.89. The van der Waals surface area contributed by atoms with Gasteiger partial charge in [-0.2, -0.15) is 0 Å². The Hall–Kier alpha value is -0.253. The summed E-state index contributed by atoms with van der Waals surface area (Å²) in [5.74, 6) is -0.829. The predicted octanol–water partition coefficient (Wildman–Crippen LogP) is 5.78. The Bertz CT molecular complexity index is 715. The molecule has 0 fully saturated rings. The maximum absolute atomic E-state index is 12.3. The summed E-state index contributed by atoms with van der Waals surface area (Å²) >= 11 is 5.61. The van der Waals surface area contributed by atoms with Crippen molar-refractivity contribution >= 4 is 64.2 Å². The van der Waals surface area contributed by atoms with E-state index in [0.29, 0.717) is 16.6 Å². The van der Waals surface area contributed by atoms with Gasteiger partial charge in [-0.1, -0.05) is 20.8 Å². The Kier molecular flexibility index (Phi) is 7.13. The first-order valence-corrected chi connectivity index (χ1v) is 13.7. The molecule has 1 aromatic rings. The number of halogens is 2. The molecule has 2 rings (SSSR count). The lowest BCUT2D eigenvalue weighted by Crippen LogP contribution is -2.41. The Balaban J connectivity index is 1.86. The third-order valence-corrected chi connectivity index (χ3v) is 11.1. The smallest absolute Gasteiger partial charge is 0.299 e. The molecule has 26 heavy (non-hydrogen) atoms. The highest BCUT2D eigenvalue weighted by Gasteiger charge is 2.38. The second-order valence-corrected chi connectivity index (χ2v) is 15.1. The highest BCUT2D eigenvalue weighted by Crippen LogP contribution is 2.37. The van der Waals surface area contributed by atoms with Crippen LogP contribution in [-0.4, -0.2) is 33.2 Å². The molecule has 1 aliphatic rings. The van der Waals surface area contributed by atoms with Crippen molar-refractivity contribution in [3.8, 4) is 0 Å². The second kappa shape index (κ2) is 8.41. The highest BCUT2D eigenvalue weighted by atomic mass is 127. The molecule has 1 aromatic carbocycles. The van der Waals surface area contributed by atoms with Crippen LogP contribution >= 0.6 is 38.5 Å². The lowest BCUT2D eigenvalue weighted by Gasteiger charge is -2.36. The number of rotatable bonds is 7. The lowest BCUT2D eigenvalue weighted by molar-refractivity contribution is -0.114. The summed E-state index contributed by atoms with van der Waals surface area (Å²) in [6.45, 7) is 12.6. The Morgan fingerprint density at radius 2 is 1.81 bits per heavy atom. The van der Waals surface area contributed by atoms with Gasteiger partial charge >= 0.3 is 0 Å². The van der Waals surface area contributed by atoms with E-state index in [1.807, 2.05) is 12.1 Å². The quantitative estimate of drug-likeness (QED) is 0.187. The second-order valence-electron chi connectivity index (χ2n) is 8.24. The molecule has 0 aromatic heterocycles. The molecule has 0 saturated heterocycles. The molecule has 0 bridgehead atoms. The summed E-state index contributed by atoms with van der Waals surface area (Å²) in [4.78, 5) is 26.2. The number of Topliss-reactive ketones (excluding diaryl/α,β-unsaturated/α-hetero) is 1. The van der Waals surface area contributed by atoms with Gasteiger partial charge in [0.15, 0.2) is 8.32 Å². The molecule has 1 aliphatic heterocycles. The summed E-state index contributed by atoms with van der Waals surface area (Å²) in [7, 11) is -1.69. The van der Waals surface area contributed by atoms with Gasteiger partial charge in [-0.15, -0.1) is 0 Å². The fourth-order valence-corrected chi connectivity index (χ4v) is 5.40. The number of fused-ring (bicyclic) bond motifs is 1. The van der Waals surface area contributed by atoms with Gasteiger partial charge in [-0.05, 0) is 88.0 Å². The average molecular weight is 552 g/mol. The number of anilines is 1. The van der Waals surface area contributed by atoms with Crippen LogP contribution in [0.2, 0.25) is 18.1 Å². The molecule has 0 aliphatic carbocycles. The predicted molar refractivity (Wildman–Crippen MR) is 121 cm³/mol. The Labute approximate surface area is 179 Å². The Morgan fingerprint density at radius 3 is 2.42 bits per heavy atom. The van der Waals surface area contributed by atoms with Crippen LogP contribution in [0.3, 0.4) is 0 Å². The van der Waals surface area contributed by atoms with Crippen LogP contribution in [0.15, 0.2) is 16.6 Å². The van der Waals surface area contributed by atoms with Gasteiger partial charge in [-0.3, -0.25) is 9.59 Å². The number of hydrogen-bond acceptors (Lipinski definition) is 3. The van der Waals surface area contributed by atoms with Crippen LogP contribution in [0.25, 0.3) is 0 Å². The van der Waals surface area contributed by atoms with Crippen LogP contribution in [0.4, 0.5) is 5.69 Å². The Morgan fingerprint density at radius 1 is 1.15 bits per heavy atom. The molecule has 0 saturated carbocycles. The van der Waals surface area contributed by atoms with E-state index in [2.05, 4.69) is 72.4 Å². The van der Waals surface area contributed by atoms with Crippen molar-refractivity contribution in [1.82, 2.24) is 0 Å².